The molecule has 0 aliphatic heterocycles. The Kier molecular flexibility index (Phi) is 12.7. The van der Waals surface area contributed by atoms with Crippen LogP contribution < -0.4 is 0 Å². The van der Waals surface area contributed by atoms with E-state index >= 15 is 0 Å². The van der Waals surface area contributed by atoms with Crippen molar-refractivity contribution in [2.75, 3.05) is 0 Å². The van der Waals surface area contributed by atoms with E-state index in [1.807, 2.05) is 0 Å². The van der Waals surface area contributed by atoms with E-state index in [9.17, 15) is 0 Å². The monoisotopic (exact) mass is 541 g/mol. The van der Waals surface area contributed by atoms with Crippen LogP contribution >= 0.6 is 0 Å². The standard InChI is InChI=1S/C24H44.C15H28/c1-5-8-11-21-17(4)15-20-10-9-12-22(20)24(21)23-16-18(6-2)13-14-19(23)7-3;1-4-13-7-6-12(3)15(10-13)14-8-5-11(2)9-14/h17-24H,5-16H2,1-4H3;11-15H,4-10H2,1-3H3. The minimum atomic E-state index is 1.00. The van der Waals surface area contributed by atoms with Gasteiger partial charge in [0.1, 0.15) is 0 Å². The number of fused-ring (bicyclic) bond motifs is 1. The Hall–Kier alpha value is 0. The zero-order valence-corrected chi connectivity index (χ0v) is 27.9. The fraction of sp³-hybridized carbons (Fsp3) is 1.00. The predicted molar refractivity (Wildman–Crippen MR) is 173 cm³/mol. The molecule has 0 heteroatoms. The Morgan fingerprint density at radius 1 is 0.538 bits per heavy atom. The average molecular weight is 541 g/mol. The summed E-state index contributed by atoms with van der Waals surface area (Å²) in [7, 11) is 0. The molecule has 39 heavy (non-hydrogen) atoms. The van der Waals surface area contributed by atoms with E-state index in [4.69, 9.17) is 0 Å². The minimum Gasteiger partial charge on any atom is -0.0654 e. The van der Waals surface area contributed by atoms with Crippen LogP contribution in [0, 0.1) is 76.9 Å². The Balaban J connectivity index is 0.000000202. The molecule has 0 N–H and O–H groups in total. The highest BCUT2D eigenvalue weighted by Gasteiger charge is 2.49. The molecule has 0 aromatic rings. The Bertz CT molecular complexity index is 680. The first-order chi connectivity index (χ1) is 18.9. The summed E-state index contributed by atoms with van der Waals surface area (Å²) < 4.78 is 0. The molecule has 13 unspecified atom stereocenters. The molecule has 0 bridgehead atoms. The smallest absolute Gasteiger partial charge is 0.0321 e. The first-order valence-electron chi connectivity index (χ1n) is 18.9. The van der Waals surface area contributed by atoms with Crippen LogP contribution in [0.1, 0.15) is 170 Å². The highest BCUT2D eigenvalue weighted by Crippen LogP contribution is 2.58. The van der Waals surface area contributed by atoms with Crippen LogP contribution in [0.25, 0.3) is 0 Å². The molecule has 5 saturated carbocycles. The molecule has 5 rings (SSSR count). The summed E-state index contributed by atoms with van der Waals surface area (Å²) in [6, 6.07) is 0. The predicted octanol–water partition coefficient (Wildman–Crippen LogP) is 12.6. The van der Waals surface area contributed by atoms with Gasteiger partial charge in [0, 0.05) is 0 Å². The Morgan fingerprint density at radius 3 is 1.87 bits per heavy atom. The quantitative estimate of drug-likeness (QED) is 0.287. The summed E-state index contributed by atoms with van der Waals surface area (Å²) >= 11 is 0. The van der Waals surface area contributed by atoms with Crippen molar-refractivity contribution < 1.29 is 0 Å². The van der Waals surface area contributed by atoms with Crippen molar-refractivity contribution in [3.63, 3.8) is 0 Å². The van der Waals surface area contributed by atoms with Gasteiger partial charge in [-0.15, -0.1) is 0 Å². The minimum absolute atomic E-state index is 1.00. The first-order valence-corrected chi connectivity index (χ1v) is 18.9. The molecule has 228 valence electrons. The summed E-state index contributed by atoms with van der Waals surface area (Å²) in [5, 5.41) is 0. The van der Waals surface area contributed by atoms with Gasteiger partial charge in [0.15, 0.2) is 0 Å². The van der Waals surface area contributed by atoms with Gasteiger partial charge >= 0.3 is 0 Å². The summed E-state index contributed by atoms with van der Waals surface area (Å²) in [4.78, 5) is 0. The van der Waals surface area contributed by atoms with E-state index in [0.29, 0.717) is 0 Å². The summed E-state index contributed by atoms with van der Waals surface area (Å²) in [5.41, 5.74) is 0. The van der Waals surface area contributed by atoms with Crippen LogP contribution in [0.15, 0.2) is 0 Å². The van der Waals surface area contributed by atoms with Crippen LogP contribution in [0.4, 0.5) is 0 Å². The van der Waals surface area contributed by atoms with Crippen molar-refractivity contribution in [3.05, 3.63) is 0 Å². The molecular formula is C39H72. The summed E-state index contributed by atoms with van der Waals surface area (Å²) in [6.07, 6.45) is 28.8. The molecule has 0 nitrogen and oxygen atoms in total. The number of rotatable bonds is 8. The molecule has 0 aromatic heterocycles. The van der Waals surface area contributed by atoms with Gasteiger partial charge in [0.25, 0.3) is 0 Å². The van der Waals surface area contributed by atoms with Crippen LogP contribution in [-0.4, -0.2) is 0 Å². The third kappa shape index (κ3) is 7.89. The molecule has 13 atom stereocenters. The lowest BCUT2D eigenvalue weighted by atomic mass is 9.53. The number of unbranched alkanes of at least 4 members (excludes halogenated alkanes) is 1. The summed E-state index contributed by atoms with van der Waals surface area (Å²) in [5.74, 6) is 13.8. The fourth-order valence-corrected chi connectivity index (χ4v) is 11.6. The molecule has 0 radical (unpaired) electrons. The van der Waals surface area contributed by atoms with Gasteiger partial charge in [-0.1, -0.05) is 119 Å². The molecule has 5 aliphatic rings. The van der Waals surface area contributed by atoms with Gasteiger partial charge in [-0.05, 0) is 128 Å². The number of hydrogen-bond acceptors (Lipinski definition) is 0. The van der Waals surface area contributed by atoms with Gasteiger partial charge < -0.3 is 0 Å². The number of hydrogen-bond donors (Lipinski definition) is 0. The third-order valence-corrected chi connectivity index (χ3v) is 14.0. The average Bonchev–Trinajstić information content (AvgIpc) is 3.60. The van der Waals surface area contributed by atoms with Gasteiger partial charge in [-0.2, -0.15) is 0 Å². The normalized spacial score (nSPS) is 46.4. The van der Waals surface area contributed by atoms with Gasteiger partial charge in [0.2, 0.25) is 0 Å². The van der Waals surface area contributed by atoms with E-state index in [-0.39, 0.29) is 0 Å². The molecule has 0 heterocycles. The lowest BCUT2D eigenvalue weighted by Crippen LogP contribution is -2.45. The molecule has 5 aliphatic carbocycles. The summed E-state index contributed by atoms with van der Waals surface area (Å²) in [6.45, 7) is 17.3. The second-order valence-electron chi connectivity index (χ2n) is 16.3. The zero-order chi connectivity index (χ0) is 27.9. The maximum atomic E-state index is 2.63. The fourth-order valence-electron chi connectivity index (χ4n) is 11.6. The Labute approximate surface area is 247 Å². The van der Waals surface area contributed by atoms with Crippen molar-refractivity contribution in [1.82, 2.24) is 0 Å². The molecule has 0 aromatic carbocycles. The molecule has 0 saturated heterocycles. The zero-order valence-electron chi connectivity index (χ0n) is 27.9. The maximum Gasteiger partial charge on any atom is -0.0321 e. The highest BCUT2D eigenvalue weighted by atomic mass is 14.5. The molecule has 0 amide bonds. The Morgan fingerprint density at radius 2 is 1.23 bits per heavy atom. The van der Waals surface area contributed by atoms with Crippen molar-refractivity contribution >= 4 is 0 Å². The maximum absolute atomic E-state index is 2.63. The molecule has 5 fully saturated rings. The van der Waals surface area contributed by atoms with Crippen LogP contribution in [0.5, 0.6) is 0 Å². The van der Waals surface area contributed by atoms with E-state index < -0.39 is 0 Å². The second-order valence-corrected chi connectivity index (χ2v) is 16.3. The van der Waals surface area contributed by atoms with Gasteiger partial charge in [0.05, 0.1) is 0 Å². The van der Waals surface area contributed by atoms with Gasteiger partial charge in [-0.3, -0.25) is 0 Å². The van der Waals surface area contributed by atoms with Crippen LogP contribution in [0.2, 0.25) is 0 Å². The topological polar surface area (TPSA) is 0 Å². The van der Waals surface area contributed by atoms with Crippen molar-refractivity contribution in [1.29, 1.82) is 0 Å². The SMILES string of the molecule is CCC1CCC(C)C(C2CCC(C)C2)C1.CCCCC1C(C)CC2CCCC2C1C1CC(CC)CCC1CC. The van der Waals surface area contributed by atoms with Crippen LogP contribution in [0.3, 0.4) is 0 Å². The molecule has 0 spiro atoms. The van der Waals surface area contributed by atoms with Crippen LogP contribution in [-0.2, 0) is 0 Å². The second kappa shape index (κ2) is 15.5. The lowest BCUT2D eigenvalue weighted by molar-refractivity contribution is -0.0297. The highest BCUT2D eigenvalue weighted by molar-refractivity contribution is 4.99. The van der Waals surface area contributed by atoms with Crippen molar-refractivity contribution in [2.45, 2.75) is 170 Å². The van der Waals surface area contributed by atoms with E-state index in [1.54, 1.807) is 44.9 Å². The van der Waals surface area contributed by atoms with Gasteiger partial charge in [-0.25, -0.2) is 0 Å². The van der Waals surface area contributed by atoms with E-state index in [2.05, 4.69) is 48.5 Å². The molecular weight excluding hydrogens is 468 g/mol. The van der Waals surface area contributed by atoms with E-state index in [0.717, 1.165) is 76.9 Å². The largest absolute Gasteiger partial charge is 0.0654 e. The van der Waals surface area contributed by atoms with Crippen molar-refractivity contribution in [3.8, 4) is 0 Å². The third-order valence-electron chi connectivity index (χ3n) is 14.0. The lowest BCUT2D eigenvalue weighted by Gasteiger charge is -2.52. The van der Waals surface area contributed by atoms with E-state index in [1.165, 1.54) is 77.0 Å². The first kappa shape index (κ1) is 31.9. The van der Waals surface area contributed by atoms with Crippen molar-refractivity contribution in [2.24, 2.45) is 76.9 Å².